The molecule has 2 fully saturated rings. The van der Waals surface area contributed by atoms with Crippen LogP contribution in [0.5, 0.6) is 0 Å². The summed E-state index contributed by atoms with van der Waals surface area (Å²) < 4.78 is 6.83. The molecule has 26 heavy (non-hydrogen) atoms. The van der Waals surface area contributed by atoms with Crippen molar-refractivity contribution in [3.8, 4) is 0 Å². The van der Waals surface area contributed by atoms with Crippen LogP contribution in [0.3, 0.4) is 0 Å². The maximum atomic E-state index is 10.8. The summed E-state index contributed by atoms with van der Waals surface area (Å²) in [6, 6.07) is 0. The van der Waals surface area contributed by atoms with Crippen LogP contribution in [-0.2, 0) is 4.74 Å². The Morgan fingerprint density at radius 3 is 2.27 bits per heavy atom. The van der Waals surface area contributed by atoms with E-state index in [1.165, 1.54) is 0 Å². The lowest BCUT2D eigenvalue weighted by atomic mass is 9.70. The van der Waals surface area contributed by atoms with Crippen LogP contribution in [0, 0.1) is 11.8 Å². The van der Waals surface area contributed by atoms with Crippen LogP contribution in [0.4, 0.5) is 0 Å². The summed E-state index contributed by atoms with van der Waals surface area (Å²) in [6.45, 7) is 12.8. The van der Waals surface area contributed by atoms with Gasteiger partial charge >= 0.3 is 5.40 Å². The molecule has 0 amide bonds. The third-order valence-corrected chi connectivity index (χ3v) is 15.3. The fraction of sp³-hybridized carbons (Fsp3) is 0.850. The fourth-order valence-corrected chi connectivity index (χ4v) is 12.6. The Morgan fingerprint density at radius 2 is 1.85 bits per heavy atom. The van der Waals surface area contributed by atoms with E-state index in [0.717, 1.165) is 24.9 Å². The summed E-state index contributed by atoms with van der Waals surface area (Å²) in [6.07, 6.45) is 17.9. The normalized spacial score (nSPS) is 39.2. The predicted molar refractivity (Wildman–Crippen MR) is 127 cm³/mol. The zero-order valence-electron chi connectivity index (χ0n) is 17.5. The number of aliphatic hydroxyl groups is 1. The maximum Gasteiger partial charge on any atom is 0.302 e. The second-order valence-electron chi connectivity index (χ2n) is 8.81. The second-order valence-corrected chi connectivity index (χ2v) is 16.6. The average molecular weight is 413 g/mol. The number of fused-ring (bicyclic) bond motifs is 1. The maximum absolute atomic E-state index is 10.8. The van der Waals surface area contributed by atoms with E-state index in [1.54, 1.807) is 0 Å². The molecule has 6 heteroatoms. The molecule has 0 aliphatic heterocycles. The Balaban J connectivity index is 2.22. The van der Waals surface area contributed by atoms with E-state index in [2.05, 4.69) is 53.5 Å². The Kier molecular flexibility index (Phi) is 6.77. The molecule has 0 heterocycles. The van der Waals surface area contributed by atoms with Gasteiger partial charge in [0, 0.05) is 19.8 Å². The standard InChI is InChI=1S/C20H37BO2P3/c1-10-24(7)13-16(25(8)11-2)26(9)18(4,5)23-20-12-15(20)17(21)19(6,22)14(20)3/h14-17,22H,7-13H2,1-6H3/q+3/t14-,15?,16?,17+,19+,20+/m0/s1. The molecule has 0 spiro atoms. The van der Waals surface area contributed by atoms with Crippen LogP contribution in [0.15, 0.2) is 0 Å². The summed E-state index contributed by atoms with van der Waals surface area (Å²) in [5, 5.41) is 11.0. The quantitative estimate of drug-likeness (QED) is 0.428. The van der Waals surface area contributed by atoms with Gasteiger partial charge in [-0.15, -0.1) is 0 Å². The smallest absolute Gasteiger partial charge is 0.302 e. The Morgan fingerprint density at radius 1 is 1.27 bits per heavy atom. The van der Waals surface area contributed by atoms with Crippen molar-refractivity contribution in [2.75, 3.05) is 18.5 Å². The van der Waals surface area contributed by atoms with Crippen molar-refractivity contribution < 1.29 is 9.84 Å². The molecule has 9 atom stereocenters. The lowest BCUT2D eigenvalue weighted by Crippen LogP contribution is -2.42. The molecule has 1 N–H and O–H groups in total. The van der Waals surface area contributed by atoms with E-state index in [-0.39, 0.29) is 43.7 Å². The molecular weight excluding hydrogens is 376 g/mol. The number of hydrogen-bond donors (Lipinski definition) is 1. The third kappa shape index (κ3) is 3.82. The van der Waals surface area contributed by atoms with Crippen LogP contribution >= 0.6 is 22.6 Å². The summed E-state index contributed by atoms with van der Waals surface area (Å²) >= 11 is 0. The van der Waals surface area contributed by atoms with Crippen molar-refractivity contribution in [2.24, 2.45) is 11.8 Å². The van der Waals surface area contributed by atoms with E-state index in [0.29, 0.717) is 5.40 Å². The van der Waals surface area contributed by atoms with Gasteiger partial charge in [-0.3, -0.25) is 0 Å². The molecule has 0 aromatic carbocycles. The molecule has 5 unspecified atom stereocenters. The van der Waals surface area contributed by atoms with Crippen LogP contribution < -0.4 is 0 Å². The predicted octanol–water partition coefficient (Wildman–Crippen LogP) is 4.96. The summed E-state index contributed by atoms with van der Waals surface area (Å²) in [4.78, 5) is 0. The Labute approximate surface area is 165 Å². The third-order valence-electron chi connectivity index (χ3n) is 6.91. The van der Waals surface area contributed by atoms with Gasteiger partial charge < -0.3 is 9.84 Å². The van der Waals surface area contributed by atoms with Crippen molar-refractivity contribution in [1.29, 1.82) is 0 Å². The number of rotatable bonds is 9. The molecule has 0 aromatic heterocycles. The zero-order valence-corrected chi connectivity index (χ0v) is 20.2. The minimum Gasteiger partial charge on any atom is -0.390 e. The summed E-state index contributed by atoms with van der Waals surface area (Å²) in [5.41, 5.74) is -1.13. The molecule has 2 nitrogen and oxygen atoms in total. The Bertz CT molecular complexity index is 616. The molecule has 2 rings (SSSR count). The monoisotopic (exact) mass is 413 g/mol. The van der Waals surface area contributed by atoms with E-state index in [9.17, 15) is 5.11 Å². The van der Waals surface area contributed by atoms with Crippen molar-refractivity contribution >= 4 is 49.4 Å². The molecule has 0 aromatic rings. The van der Waals surface area contributed by atoms with E-state index in [1.807, 2.05) is 6.92 Å². The second kappa shape index (κ2) is 7.73. The van der Waals surface area contributed by atoms with Crippen LogP contribution in [0.2, 0.25) is 5.82 Å². The zero-order chi connectivity index (χ0) is 20.1. The van der Waals surface area contributed by atoms with Gasteiger partial charge in [0.1, 0.15) is 19.9 Å². The largest absolute Gasteiger partial charge is 0.390 e. The first kappa shape index (κ1) is 22.8. The van der Waals surface area contributed by atoms with Gasteiger partial charge in [-0.05, 0) is 38.9 Å². The lowest BCUT2D eigenvalue weighted by molar-refractivity contribution is -0.0984. The van der Waals surface area contributed by atoms with Crippen molar-refractivity contribution in [3.05, 3.63) is 0 Å². The first-order valence-corrected chi connectivity index (χ1v) is 15.0. The first-order valence-electron chi connectivity index (χ1n) is 9.75. The van der Waals surface area contributed by atoms with E-state index < -0.39 is 13.1 Å². The van der Waals surface area contributed by atoms with Gasteiger partial charge in [0.2, 0.25) is 5.34 Å². The minimum absolute atomic E-state index is 0.0455. The van der Waals surface area contributed by atoms with E-state index in [4.69, 9.17) is 12.6 Å². The molecule has 144 valence electrons. The van der Waals surface area contributed by atoms with Gasteiger partial charge in [0.05, 0.1) is 45.5 Å². The van der Waals surface area contributed by atoms with Gasteiger partial charge in [0.15, 0.2) is 13.7 Å². The molecular formula is C20H37BO2P3+3. The average Bonchev–Trinajstić information content (AvgIpc) is 3.27. The van der Waals surface area contributed by atoms with E-state index >= 15 is 0 Å². The van der Waals surface area contributed by atoms with Crippen molar-refractivity contribution in [3.63, 3.8) is 0 Å². The molecule has 0 saturated heterocycles. The van der Waals surface area contributed by atoms with Crippen molar-refractivity contribution in [1.82, 2.24) is 0 Å². The molecule has 2 aliphatic rings. The Hall–Kier alpha value is 0.495. The first-order chi connectivity index (χ1) is 11.8. The van der Waals surface area contributed by atoms with Crippen LogP contribution in [0.1, 0.15) is 48.0 Å². The summed E-state index contributed by atoms with van der Waals surface area (Å²) in [5.74, 6) is 0.111. The molecule has 2 aliphatic carbocycles. The van der Waals surface area contributed by atoms with Gasteiger partial charge in [0.25, 0.3) is 0 Å². The van der Waals surface area contributed by atoms with Crippen LogP contribution in [-0.4, -0.2) is 72.3 Å². The topological polar surface area (TPSA) is 29.5 Å². The summed E-state index contributed by atoms with van der Waals surface area (Å²) in [7, 11) is 5.22. The SMILES string of the molecule is [B][C@@H]1C2C[C@@]2(OC(C)(C)[P+](=C)C(C[P+](=C)CC)[P+](=C)CC)[C@@H](C)[C@@]1(C)O. The highest BCUT2D eigenvalue weighted by molar-refractivity contribution is 7.75. The molecule has 2 saturated carbocycles. The molecule has 2 radical (unpaired) electrons. The number of ether oxygens (including phenoxy) is 1. The van der Waals surface area contributed by atoms with Gasteiger partial charge in [-0.25, -0.2) is 0 Å². The lowest BCUT2D eigenvalue weighted by Gasteiger charge is -2.35. The highest BCUT2D eigenvalue weighted by Gasteiger charge is 2.75. The molecule has 0 bridgehead atoms. The highest BCUT2D eigenvalue weighted by atomic mass is 31.2. The van der Waals surface area contributed by atoms with Gasteiger partial charge in [-0.1, -0.05) is 6.92 Å². The fourth-order valence-electron chi connectivity index (χ4n) is 4.47. The number of hydrogen-bond acceptors (Lipinski definition) is 2. The highest BCUT2D eigenvalue weighted by Crippen LogP contribution is 2.71. The minimum atomic E-state index is -0.853. The van der Waals surface area contributed by atoms with Crippen LogP contribution in [0.25, 0.3) is 0 Å². The van der Waals surface area contributed by atoms with Crippen molar-refractivity contribution in [2.45, 2.75) is 75.7 Å². The van der Waals surface area contributed by atoms with Gasteiger partial charge in [-0.2, -0.15) is 0 Å².